The monoisotopic (exact) mass is 250 g/mol. The number of rotatable bonds is 5. The molecule has 0 saturated heterocycles. The van der Waals surface area contributed by atoms with Crippen molar-refractivity contribution in [2.45, 2.75) is 33.8 Å². The topological polar surface area (TPSA) is 64.3 Å². The lowest BCUT2D eigenvalue weighted by molar-refractivity contribution is -0.127. The molecule has 0 aliphatic heterocycles. The number of nitrogen functional groups attached to an aromatic ring is 1. The van der Waals surface area contributed by atoms with Crippen molar-refractivity contribution in [1.29, 1.82) is 0 Å². The van der Waals surface area contributed by atoms with Crippen LogP contribution in [0.2, 0.25) is 0 Å². The molecule has 0 aromatic heterocycles. The van der Waals surface area contributed by atoms with Gasteiger partial charge in [-0.3, -0.25) is 4.79 Å². The van der Waals surface area contributed by atoms with Crippen LogP contribution in [0.15, 0.2) is 18.2 Å². The van der Waals surface area contributed by atoms with E-state index < -0.39 is 6.10 Å². The maximum absolute atomic E-state index is 11.8. The first-order chi connectivity index (χ1) is 8.40. The highest BCUT2D eigenvalue weighted by molar-refractivity contribution is 5.80. The van der Waals surface area contributed by atoms with Crippen molar-refractivity contribution < 1.29 is 9.53 Å². The van der Waals surface area contributed by atoms with Crippen LogP contribution in [0.25, 0.3) is 0 Å². The van der Waals surface area contributed by atoms with Crippen LogP contribution in [-0.2, 0) is 4.79 Å². The average Bonchev–Trinajstić information content (AvgIpc) is 2.30. The summed E-state index contributed by atoms with van der Waals surface area (Å²) in [7, 11) is 0. The minimum Gasteiger partial charge on any atom is -0.481 e. The molecule has 0 saturated carbocycles. The van der Waals surface area contributed by atoms with Crippen LogP contribution in [0.1, 0.15) is 26.3 Å². The fourth-order valence-corrected chi connectivity index (χ4v) is 1.44. The molecule has 1 aromatic carbocycles. The quantitative estimate of drug-likeness (QED) is 0.787. The molecule has 3 N–H and O–H groups in total. The number of carbonyl (C=O) groups excluding carboxylic acids is 1. The Morgan fingerprint density at radius 3 is 2.67 bits per heavy atom. The summed E-state index contributed by atoms with van der Waals surface area (Å²) in [6.07, 6.45) is -0.524. The van der Waals surface area contributed by atoms with Gasteiger partial charge in [0.15, 0.2) is 6.10 Å². The van der Waals surface area contributed by atoms with Gasteiger partial charge in [0, 0.05) is 18.3 Å². The predicted molar refractivity (Wildman–Crippen MR) is 73.5 cm³/mol. The molecule has 4 heteroatoms. The Morgan fingerprint density at radius 2 is 2.06 bits per heavy atom. The maximum Gasteiger partial charge on any atom is 0.260 e. The first-order valence-electron chi connectivity index (χ1n) is 6.20. The molecule has 0 radical (unpaired) electrons. The minimum atomic E-state index is -0.524. The molecule has 1 aromatic rings. The number of hydrogen-bond donors (Lipinski definition) is 2. The second kappa shape index (κ2) is 6.28. The molecule has 0 aliphatic carbocycles. The van der Waals surface area contributed by atoms with Crippen LogP contribution < -0.4 is 15.8 Å². The summed E-state index contributed by atoms with van der Waals surface area (Å²) in [4.78, 5) is 11.8. The second-order valence-corrected chi connectivity index (χ2v) is 4.92. The lowest BCUT2D eigenvalue weighted by Crippen LogP contribution is -2.38. The number of amides is 1. The third-order valence-electron chi connectivity index (χ3n) is 2.57. The Morgan fingerprint density at radius 1 is 1.39 bits per heavy atom. The van der Waals surface area contributed by atoms with E-state index in [4.69, 9.17) is 10.5 Å². The van der Waals surface area contributed by atoms with Crippen LogP contribution in [0, 0.1) is 12.8 Å². The zero-order valence-corrected chi connectivity index (χ0v) is 11.5. The van der Waals surface area contributed by atoms with Gasteiger partial charge < -0.3 is 15.8 Å². The van der Waals surface area contributed by atoms with E-state index in [1.54, 1.807) is 13.0 Å². The van der Waals surface area contributed by atoms with Crippen molar-refractivity contribution >= 4 is 11.6 Å². The van der Waals surface area contributed by atoms with Gasteiger partial charge in [0.1, 0.15) is 5.75 Å². The Bertz CT molecular complexity index is 416. The Balaban J connectivity index is 2.60. The van der Waals surface area contributed by atoms with E-state index in [9.17, 15) is 4.79 Å². The predicted octanol–water partition coefficient (Wildman–Crippen LogP) is 2.12. The fraction of sp³-hybridized carbons (Fsp3) is 0.500. The Labute approximate surface area is 109 Å². The highest BCUT2D eigenvalue weighted by Gasteiger charge is 2.15. The van der Waals surface area contributed by atoms with E-state index in [1.165, 1.54) is 0 Å². The van der Waals surface area contributed by atoms with E-state index >= 15 is 0 Å². The molecular weight excluding hydrogens is 228 g/mol. The van der Waals surface area contributed by atoms with Crippen molar-refractivity contribution in [2.24, 2.45) is 5.92 Å². The molecule has 0 fully saturated rings. The van der Waals surface area contributed by atoms with Crippen LogP contribution in [0.4, 0.5) is 5.69 Å². The minimum absolute atomic E-state index is 0.106. The molecule has 100 valence electrons. The Kier molecular flexibility index (Phi) is 5.01. The summed E-state index contributed by atoms with van der Waals surface area (Å²) in [6, 6.07) is 5.43. The summed E-state index contributed by atoms with van der Waals surface area (Å²) < 4.78 is 5.63. The number of anilines is 1. The number of nitrogens with one attached hydrogen (secondary N) is 1. The molecule has 0 heterocycles. The number of carbonyl (C=O) groups is 1. The van der Waals surface area contributed by atoms with E-state index in [0.29, 0.717) is 23.9 Å². The van der Waals surface area contributed by atoms with E-state index in [0.717, 1.165) is 5.56 Å². The highest BCUT2D eigenvalue weighted by atomic mass is 16.5. The van der Waals surface area contributed by atoms with Gasteiger partial charge in [-0.2, -0.15) is 0 Å². The van der Waals surface area contributed by atoms with E-state index in [2.05, 4.69) is 5.32 Å². The lowest BCUT2D eigenvalue weighted by Gasteiger charge is -2.17. The molecule has 0 aliphatic rings. The molecule has 1 atom stereocenters. The average molecular weight is 250 g/mol. The number of ether oxygens (including phenoxy) is 1. The first-order valence-corrected chi connectivity index (χ1v) is 6.20. The van der Waals surface area contributed by atoms with E-state index in [1.807, 2.05) is 32.9 Å². The molecular formula is C14H22N2O2. The van der Waals surface area contributed by atoms with Crippen LogP contribution >= 0.6 is 0 Å². The summed E-state index contributed by atoms with van der Waals surface area (Å²) >= 11 is 0. The van der Waals surface area contributed by atoms with Crippen LogP contribution in [0.5, 0.6) is 5.75 Å². The number of benzene rings is 1. The molecule has 4 nitrogen and oxygen atoms in total. The van der Waals surface area contributed by atoms with Gasteiger partial charge in [-0.05, 0) is 31.4 Å². The number of aryl methyl sites for hydroxylation is 1. The van der Waals surface area contributed by atoms with Crippen molar-refractivity contribution in [3.63, 3.8) is 0 Å². The molecule has 1 rings (SSSR count). The molecule has 1 amide bonds. The van der Waals surface area contributed by atoms with Gasteiger partial charge >= 0.3 is 0 Å². The molecule has 0 bridgehead atoms. The molecule has 1 unspecified atom stereocenters. The van der Waals surface area contributed by atoms with E-state index in [-0.39, 0.29) is 5.91 Å². The summed E-state index contributed by atoms with van der Waals surface area (Å²) in [5.74, 6) is 0.975. The Hall–Kier alpha value is -1.71. The van der Waals surface area contributed by atoms with Gasteiger partial charge in [-0.25, -0.2) is 0 Å². The maximum atomic E-state index is 11.8. The first kappa shape index (κ1) is 14.4. The van der Waals surface area contributed by atoms with Crippen molar-refractivity contribution in [3.05, 3.63) is 23.8 Å². The lowest BCUT2D eigenvalue weighted by atomic mass is 10.2. The van der Waals surface area contributed by atoms with Crippen molar-refractivity contribution in [2.75, 3.05) is 12.3 Å². The SMILES string of the molecule is Cc1ccc(N)cc1OC(C)C(=O)NCC(C)C. The zero-order valence-electron chi connectivity index (χ0n) is 11.5. The van der Waals surface area contributed by atoms with Gasteiger partial charge in [0.05, 0.1) is 0 Å². The number of nitrogens with two attached hydrogens (primary N) is 1. The van der Waals surface area contributed by atoms with Crippen LogP contribution in [0.3, 0.4) is 0 Å². The van der Waals surface area contributed by atoms with Gasteiger partial charge in [-0.1, -0.05) is 19.9 Å². The normalized spacial score (nSPS) is 12.3. The summed E-state index contributed by atoms with van der Waals surface area (Å²) in [6.45, 7) is 8.41. The van der Waals surface area contributed by atoms with Gasteiger partial charge in [0.25, 0.3) is 5.91 Å². The van der Waals surface area contributed by atoms with Crippen LogP contribution in [-0.4, -0.2) is 18.6 Å². The third-order valence-corrected chi connectivity index (χ3v) is 2.57. The largest absolute Gasteiger partial charge is 0.481 e. The zero-order chi connectivity index (χ0) is 13.7. The van der Waals surface area contributed by atoms with Crippen molar-refractivity contribution in [3.8, 4) is 5.75 Å². The molecule has 18 heavy (non-hydrogen) atoms. The highest BCUT2D eigenvalue weighted by Crippen LogP contribution is 2.21. The summed E-state index contributed by atoms with van der Waals surface area (Å²) in [5.41, 5.74) is 7.29. The second-order valence-electron chi connectivity index (χ2n) is 4.92. The van der Waals surface area contributed by atoms with Gasteiger partial charge in [0.2, 0.25) is 0 Å². The number of hydrogen-bond acceptors (Lipinski definition) is 3. The van der Waals surface area contributed by atoms with Gasteiger partial charge in [-0.15, -0.1) is 0 Å². The molecule has 0 spiro atoms. The third kappa shape index (κ3) is 4.28. The van der Waals surface area contributed by atoms with Crippen molar-refractivity contribution in [1.82, 2.24) is 5.32 Å². The smallest absolute Gasteiger partial charge is 0.260 e. The fourth-order valence-electron chi connectivity index (χ4n) is 1.44. The summed E-state index contributed by atoms with van der Waals surface area (Å²) in [5, 5.41) is 2.84. The standard InChI is InChI=1S/C14H22N2O2/c1-9(2)8-16-14(17)11(4)18-13-7-12(15)6-5-10(13)3/h5-7,9,11H,8,15H2,1-4H3,(H,16,17).